The van der Waals surface area contributed by atoms with Crippen molar-refractivity contribution < 1.29 is 9.59 Å². The highest BCUT2D eigenvalue weighted by Gasteiger charge is 2.22. The van der Waals surface area contributed by atoms with Gasteiger partial charge in [-0.15, -0.1) is 11.3 Å². The summed E-state index contributed by atoms with van der Waals surface area (Å²) in [6, 6.07) is 20.3. The molecule has 5 nitrogen and oxygen atoms in total. The Morgan fingerprint density at radius 2 is 1.66 bits per heavy atom. The Balaban J connectivity index is 1.79. The highest BCUT2D eigenvalue weighted by atomic mass is 32.1. The minimum Gasteiger partial charge on any atom is -0.352 e. The summed E-state index contributed by atoms with van der Waals surface area (Å²) in [5, 5.41) is 7.79. The van der Waals surface area contributed by atoms with Gasteiger partial charge in [0.25, 0.3) is 0 Å². The largest absolute Gasteiger partial charge is 0.352 e. The van der Waals surface area contributed by atoms with E-state index in [1.807, 2.05) is 47.8 Å². The van der Waals surface area contributed by atoms with Crippen molar-refractivity contribution in [3.63, 3.8) is 0 Å². The Morgan fingerprint density at radius 1 is 0.931 bits per heavy atom. The van der Waals surface area contributed by atoms with Gasteiger partial charge in [0.1, 0.15) is 0 Å². The van der Waals surface area contributed by atoms with E-state index in [0.29, 0.717) is 0 Å². The van der Waals surface area contributed by atoms with E-state index in [1.54, 1.807) is 11.3 Å². The summed E-state index contributed by atoms with van der Waals surface area (Å²) in [7, 11) is 0. The third-order valence-electron chi connectivity index (χ3n) is 4.76. The molecule has 0 unspecified atom stereocenters. The standard InChI is InChI=1S/C23H25N3O2S/c1-2-16-10-12-18(13-11-16)22(20-9-6-14-29-20)26-21(27)15-19(25-23(24)28)17-7-4-3-5-8-17/h3-14,19,22H,2,15H2,1H3,(H,26,27)(H3,24,25,28)/t19-,22+/m1/s1. The second kappa shape index (κ2) is 9.89. The van der Waals surface area contributed by atoms with Crippen LogP contribution in [0.1, 0.15) is 47.0 Å². The number of carbonyl (C=O) groups excluding carboxylic acids is 2. The van der Waals surface area contributed by atoms with Gasteiger partial charge in [-0.3, -0.25) is 4.79 Å². The Kier molecular flexibility index (Phi) is 7.03. The summed E-state index contributed by atoms with van der Waals surface area (Å²) in [5.41, 5.74) is 8.43. The smallest absolute Gasteiger partial charge is 0.312 e. The fraction of sp³-hybridized carbons (Fsp3) is 0.217. The highest BCUT2D eigenvalue weighted by Crippen LogP contribution is 2.27. The molecule has 150 valence electrons. The van der Waals surface area contributed by atoms with Crippen LogP contribution < -0.4 is 16.4 Å². The minimum absolute atomic E-state index is 0.0991. The summed E-state index contributed by atoms with van der Waals surface area (Å²) in [4.78, 5) is 25.4. The van der Waals surface area contributed by atoms with Gasteiger partial charge >= 0.3 is 6.03 Å². The van der Waals surface area contributed by atoms with Crippen LogP contribution >= 0.6 is 11.3 Å². The molecule has 1 heterocycles. The number of thiophene rings is 1. The van der Waals surface area contributed by atoms with Crippen LogP contribution in [-0.2, 0) is 11.2 Å². The van der Waals surface area contributed by atoms with Gasteiger partial charge < -0.3 is 16.4 Å². The molecule has 6 heteroatoms. The monoisotopic (exact) mass is 407 g/mol. The van der Waals surface area contributed by atoms with E-state index in [-0.39, 0.29) is 18.4 Å². The van der Waals surface area contributed by atoms with E-state index >= 15 is 0 Å². The zero-order chi connectivity index (χ0) is 20.6. The number of nitrogens with two attached hydrogens (primary N) is 1. The summed E-state index contributed by atoms with van der Waals surface area (Å²) < 4.78 is 0. The predicted molar refractivity (Wildman–Crippen MR) is 117 cm³/mol. The van der Waals surface area contributed by atoms with Crippen molar-refractivity contribution in [3.05, 3.63) is 93.7 Å². The van der Waals surface area contributed by atoms with Gasteiger partial charge in [0.05, 0.1) is 18.5 Å². The fourth-order valence-electron chi connectivity index (χ4n) is 3.23. The maximum Gasteiger partial charge on any atom is 0.312 e. The van der Waals surface area contributed by atoms with Gasteiger partial charge in [0.2, 0.25) is 5.91 Å². The van der Waals surface area contributed by atoms with Crippen molar-refractivity contribution in [2.24, 2.45) is 5.73 Å². The normalized spacial score (nSPS) is 12.7. The van der Waals surface area contributed by atoms with Crippen LogP contribution in [0.15, 0.2) is 72.1 Å². The minimum atomic E-state index is -0.656. The molecule has 4 N–H and O–H groups in total. The summed E-state index contributed by atoms with van der Waals surface area (Å²) >= 11 is 1.60. The zero-order valence-electron chi connectivity index (χ0n) is 16.3. The number of nitrogens with one attached hydrogen (secondary N) is 2. The van der Waals surface area contributed by atoms with Crippen molar-refractivity contribution in [2.75, 3.05) is 0 Å². The molecule has 3 aromatic rings. The first-order valence-electron chi connectivity index (χ1n) is 9.59. The lowest BCUT2D eigenvalue weighted by atomic mass is 10.0. The lowest BCUT2D eigenvalue weighted by Gasteiger charge is -2.22. The Bertz CT molecular complexity index is 925. The average molecular weight is 408 g/mol. The number of hydrogen-bond acceptors (Lipinski definition) is 3. The Hall–Kier alpha value is -3.12. The molecule has 0 bridgehead atoms. The molecule has 0 aliphatic heterocycles. The maximum atomic E-state index is 12.9. The molecule has 0 radical (unpaired) electrons. The lowest BCUT2D eigenvalue weighted by molar-refractivity contribution is -0.122. The van der Waals surface area contributed by atoms with Gasteiger partial charge in [-0.05, 0) is 34.6 Å². The molecule has 3 rings (SSSR count). The number of aryl methyl sites for hydroxylation is 1. The van der Waals surface area contributed by atoms with Crippen LogP contribution in [-0.4, -0.2) is 11.9 Å². The van der Waals surface area contributed by atoms with Gasteiger partial charge in [-0.1, -0.05) is 67.6 Å². The molecule has 1 aromatic heterocycles. The van der Waals surface area contributed by atoms with Crippen LogP contribution in [0, 0.1) is 0 Å². The van der Waals surface area contributed by atoms with Crippen molar-refractivity contribution in [3.8, 4) is 0 Å². The first kappa shape index (κ1) is 20.6. The van der Waals surface area contributed by atoms with Crippen molar-refractivity contribution in [2.45, 2.75) is 31.8 Å². The van der Waals surface area contributed by atoms with E-state index in [2.05, 4.69) is 41.8 Å². The summed E-state index contributed by atoms with van der Waals surface area (Å²) in [5.74, 6) is -0.162. The van der Waals surface area contributed by atoms with Gasteiger partial charge in [0, 0.05) is 4.88 Å². The number of amides is 3. The number of rotatable bonds is 8. The zero-order valence-corrected chi connectivity index (χ0v) is 17.1. The molecule has 0 aliphatic carbocycles. The summed E-state index contributed by atoms with van der Waals surface area (Å²) in [6.45, 7) is 2.11. The van der Waals surface area contributed by atoms with E-state index in [0.717, 1.165) is 22.4 Å². The topological polar surface area (TPSA) is 84.2 Å². The van der Waals surface area contributed by atoms with E-state index in [4.69, 9.17) is 5.73 Å². The third kappa shape index (κ3) is 5.68. The van der Waals surface area contributed by atoms with E-state index in [1.165, 1.54) is 5.56 Å². The second-order valence-electron chi connectivity index (χ2n) is 6.79. The molecule has 0 fully saturated rings. The summed E-state index contributed by atoms with van der Waals surface area (Å²) in [6.07, 6.45) is 1.07. The van der Waals surface area contributed by atoms with Crippen molar-refractivity contribution in [1.82, 2.24) is 10.6 Å². The fourth-order valence-corrected chi connectivity index (χ4v) is 4.04. The number of urea groups is 1. The Morgan fingerprint density at radius 3 is 2.24 bits per heavy atom. The maximum absolute atomic E-state index is 12.9. The van der Waals surface area contributed by atoms with E-state index < -0.39 is 12.1 Å². The van der Waals surface area contributed by atoms with Gasteiger partial charge in [0.15, 0.2) is 0 Å². The first-order valence-corrected chi connectivity index (χ1v) is 10.5. The third-order valence-corrected chi connectivity index (χ3v) is 5.70. The lowest BCUT2D eigenvalue weighted by Crippen LogP contribution is -2.37. The van der Waals surface area contributed by atoms with Crippen LogP contribution in [0.5, 0.6) is 0 Å². The van der Waals surface area contributed by atoms with Crippen LogP contribution in [0.25, 0.3) is 0 Å². The van der Waals surface area contributed by atoms with Crippen molar-refractivity contribution in [1.29, 1.82) is 0 Å². The first-order chi connectivity index (χ1) is 14.1. The predicted octanol–water partition coefficient (Wildman–Crippen LogP) is 4.32. The highest BCUT2D eigenvalue weighted by molar-refractivity contribution is 7.10. The molecule has 2 atom stereocenters. The molecule has 3 amide bonds. The van der Waals surface area contributed by atoms with Crippen LogP contribution in [0.3, 0.4) is 0 Å². The van der Waals surface area contributed by atoms with Crippen molar-refractivity contribution >= 4 is 23.3 Å². The van der Waals surface area contributed by atoms with Gasteiger partial charge in [-0.2, -0.15) is 0 Å². The van der Waals surface area contributed by atoms with Crippen LogP contribution in [0.4, 0.5) is 4.79 Å². The molecular weight excluding hydrogens is 382 g/mol. The SMILES string of the molecule is CCc1ccc([C@H](NC(=O)C[C@@H](NC(N)=O)c2ccccc2)c2cccs2)cc1. The van der Waals surface area contributed by atoms with E-state index in [9.17, 15) is 9.59 Å². The second-order valence-corrected chi connectivity index (χ2v) is 7.77. The van der Waals surface area contributed by atoms with Gasteiger partial charge in [-0.25, -0.2) is 4.79 Å². The molecule has 29 heavy (non-hydrogen) atoms. The molecule has 0 spiro atoms. The quantitative estimate of drug-likeness (QED) is 0.520. The molecule has 2 aromatic carbocycles. The number of carbonyl (C=O) groups is 2. The molecule has 0 saturated heterocycles. The molecular formula is C23H25N3O2S. The molecule has 0 aliphatic rings. The number of benzene rings is 2. The Labute approximate surface area is 175 Å². The number of hydrogen-bond donors (Lipinski definition) is 3. The number of primary amides is 1. The molecule has 0 saturated carbocycles. The average Bonchev–Trinajstić information content (AvgIpc) is 3.26. The van der Waals surface area contributed by atoms with Crippen LogP contribution in [0.2, 0.25) is 0 Å².